The Labute approximate surface area is 111 Å². The molecule has 0 heterocycles. The van der Waals surface area contributed by atoms with Crippen molar-refractivity contribution in [2.45, 2.75) is 51.7 Å². The Hall–Kier alpha value is -0.160. The van der Waals surface area contributed by atoms with Gasteiger partial charge < -0.3 is 19.9 Å². The molecule has 1 atom stereocenters. The fourth-order valence-electron chi connectivity index (χ4n) is 2.09. The molecule has 0 spiro atoms. The number of aliphatic hydroxyl groups is 1. The van der Waals surface area contributed by atoms with Crippen molar-refractivity contribution in [2.24, 2.45) is 5.92 Å². The van der Waals surface area contributed by atoms with E-state index < -0.39 is 6.10 Å². The zero-order valence-corrected chi connectivity index (χ0v) is 11.9. The first-order chi connectivity index (χ1) is 8.68. The fourth-order valence-corrected chi connectivity index (χ4v) is 2.09. The van der Waals surface area contributed by atoms with E-state index in [2.05, 4.69) is 19.2 Å². The van der Waals surface area contributed by atoms with Gasteiger partial charge in [0.05, 0.1) is 25.4 Å². The molecule has 1 aliphatic rings. The third kappa shape index (κ3) is 8.03. The number of nitrogens with one attached hydrogen (secondary N) is 1. The molecule has 1 unspecified atom stereocenters. The Morgan fingerprint density at radius 1 is 1.22 bits per heavy atom. The van der Waals surface area contributed by atoms with Crippen LogP contribution in [0.25, 0.3) is 0 Å². The molecule has 108 valence electrons. The summed E-state index contributed by atoms with van der Waals surface area (Å²) in [4.78, 5) is 0. The molecule has 0 aliphatic heterocycles. The van der Waals surface area contributed by atoms with Gasteiger partial charge in [-0.15, -0.1) is 0 Å². The van der Waals surface area contributed by atoms with Gasteiger partial charge in [-0.2, -0.15) is 0 Å². The summed E-state index contributed by atoms with van der Waals surface area (Å²) in [6.45, 7) is 7.59. The lowest BCUT2D eigenvalue weighted by Gasteiger charge is -2.16. The van der Waals surface area contributed by atoms with E-state index >= 15 is 0 Å². The van der Waals surface area contributed by atoms with Crippen LogP contribution in [-0.2, 0) is 9.47 Å². The highest BCUT2D eigenvalue weighted by molar-refractivity contribution is 4.68. The molecule has 0 aromatic heterocycles. The van der Waals surface area contributed by atoms with Crippen molar-refractivity contribution < 1.29 is 14.6 Å². The molecule has 0 bridgehead atoms. The number of rotatable bonds is 10. The van der Waals surface area contributed by atoms with Gasteiger partial charge in [0, 0.05) is 19.7 Å². The van der Waals surface area contributed by atoms with Crippen LogP contribution >= 0.6 is 0 Å². The predicted molar refractivity (Wildman–Crippen MR) is 72.7 cm³/mol. The molecule has 18 heavy (non-hydrogen) atoms. The van der Waals surface area contributed by atoms with Gasteiger partial charge in [0.25, 0.3) is 0 Å². The van der Waals surface area contributed by atoms with Crippen molar-refractivity contribution in [1.82, 2.24) is 5.32 Å². The lowest BCUT2D eigenvalue weighted by molar-refractivity contribution is -0.00602. The molecule has 1 fully saturated rings. The highest BCUT2D eigenvalue weighted by Gasteiger charge is 2.16. The molecule has 0 aromatic carbocycles. The first-order valence-corrected chi connectivity index (χ1v) is 7.26. The molecular weight excluding hydrogens is 230 g/mol. The lowest BCUT2D eigenvalue weighted by Crippen LogP contribution is -2.33. The Bertz CT molecular complexity index is 193. The standard InChI is InChI=1S/C14H29NO3/c1-12(2)10-17-8-7-15-9-13(16)11-18-14-5-3-4-6-14/h12-16H,3-11H2,1-2H3. The first-order valence-electron chi connectivity index (χ1n) is 7.26. The summed E-state index contributed by atoms with van der Waals surface area (Å²) >= 11 is 0. The zero-order valence-electron chi connectivity index (χ0n) is 11.9. The van der Waals surface area contributed by atoms with Crippen molar-refractivity contribution in [3.63, 3.8) is 0 Å². The van der Waals surface area contributed by atoms with E-state index in [9.17, 15) is 5.11 Å². The Morgan fingerprint density at radius 3 is 2.61 bits per heavy atom. The number of hydrogen-bond acceptors (Lipinski definition) is 4. The first kappa shape index (κ1) is 15.9. The fraction of sp³-hybridized carbons (Fsp3) is 1.00. The molecule has 1 saturated carbocycles. The van der Waals surface area contributed by atoms with Crippen molar-refractivity contribution >= 4 is 0 Å². The number of hydrogen-bond donors (Lipinski definition) is 2. The van der Waals surface area contributed by atoms with Gasteiger partial charge in [0.2, 0.25) is 0 Å². The van der Waals surface area contributed by atoms with E-state index in [1.165, 1.54) is 12.8 Å². The van der Waals surface area contributed by atoms with E-state index in [-0.39, 0.29) is 0 Å². The topological polar surface area (TPSA) is 50.7 Å². The van der Waals surface area contributed by atoms with E-state index in [1.807, 2.05) is 0 Å². The minimum atomic E-state index is -0.407. The lowest BCUT2D eigenvalue weighted by atomic mass is 10.2. The van der Waals surface area contributed by atoms with Crippen LogP contribution in [0.15, 0.2) is 0 Å². The van der Waals surface area contributed by atoms with Gasteiger partial charge in [-0.1, -0.05) is 26.7 Å². The van der Waals surface area contributed by atoms with Crippen LogP contribution in [-0.4, -0.2) is 50.2 Å². The SMILES string of the molecule is CC(C)COCCNCC(O)COC1CCCC1. The summed E-state index contributed by atoms with van der Waals surface area (Å²) in [6, 6.07) is 0. The molecule has 1 aliphatic carbocycles. The number of aliphatic hydroxyl groups excluding tert-OH is 1. The monoisotopic (exact) mass is 259 g/mol. The summed E-state index contributed by atoms with van der Waals surface area (Å²) in [6.07, 6.45) is 4.83. The van der Waals surface area contributed by atoms with E-state index in [4.69, 9.17) is 9.47 Å². The Morgan fingerprint density at radius 2 is 1.94 bits per heavy atom. The quantitative estimate of drug-likeness (QED) is 0.585. The third-order valence-corrected chi connectivity index (χ3v) is 3.08. The van der Waals surface area contributed by atoms with Crippen molar-refractivity contribution in [2.75, 3.05) is 32.9 Å². The molecule has 2 N–H and O–H groups in total. The molecular formula is C14H29NO3. The summed E-state index contributed by atoms with van der Waals surface area (Å²) < 4.78 is 11.1. The summed E-state index contributed by atoms with van der Waals surface area (Å²) in [5.74, 6) is 0.579. The second kappa shape index (κ2) is 9.73. The van der Waals surface area contributed by atoms with Crippen LogP contribution in [0.3, 0.4) is 0 Å². The van der Waals surface area contributed by atoms with Crippen molar-refractivity contribution in [3.05, 3.63) is 0 Å². The normalized spacial score (nSPS) is 18.7. The molecule has 4 heteroatoms. The maximum atomic E-state index is 9.73. The van der Waals surface area contributed by atoms with E-state index in [0.717, 1.165) is 26.0 Å². The second-order valence-electron chi connectivity index (χ2n) is 5.57. The maximum Gasteiger partial charge on any atom is 0.0897 e. The molecule has 0 radical (unpaired) electrons. The molecule has 4 nitrogen and oxygen atoms in total. The zero-order chi connectivity index (χ0) is 13.2. The Kier molecular flexibility index (Phi) is 8.59. The van der Waals surface area contributed by atoms with Crippen LogP contribution in [0.1, 0.15) is 39.5 Å². The van der Waals surface area contributed by atoms with Gasteiger partial charge in [0.1, 0.15) is 0 Å². The van der Waals surface area contributed by atoms with E-state index in [1.54, 1.807) is 0 Å². The highest BCUT2D eigenvalue weighted by Crippen LogP contribution is 2.20. The van der Waals surface area contributed by atoms with Crippen LogP contribution in [0.4, 0.5) is 0 Å². The summed E-state index contributed by atoms with van der Waals surface area (Å²) in [5.41, 5.74) is 0. The third-order valence-electron chi connectivity index (χ3n) is 3.08. The summed E-state index contributed by atoms with van der Waals surface area (Å²) in [7, 11) is 0. The van der Waals surface area contributed by atoms with Crippen molar-refractivity contribution in [1.29, 1.82) is 0 Å². The van der Waals surface area contributed by atoms with Crippen LogP contribution < -0.4 is 5.32 Å². The maximum absolute atomic E-state index is 9.73. The minimum Gasteiger partial charge on any atom is -0.389 e. The van der Waals surface area contributed by atoms with Gasteiger partial charge >= 0.3 is 0 Å². The molecule has 0 amide bonds. The minimum absolute atomic E-state index is 0.383. The van der Waals surface area contributed by atoms with Crippen LogP contribution in [0.5, 0.6) is 0 Å². The highest BCUT2D eigenvalue weighted by atomic mass is 16.5. The van der Waals surface area contributed by atoms with Crippen LogP contribution in [0, 0.1) is 5.92 Å². The van der Waals surface area contributed by atoms with Gasteiger partial charge in [-0.25, -0.2) is 0 Å². The van der Waals surface area contributed by atoms with E-state index in [0.29, 0.717) is 31.8 Å². The summed E-state index contributed by atoms with van der Waals surface area (Å²) in [5, 5.41) is 12.9. The van der Waals surface area contributed by atoms with Crippen LogP contribution in [0.2, 0.25) is 0 Å². The van der Waals surface area contributed by atoms with Gasteiger partial charge in [-0.05, 0) is 18.8 Å². The second-order valence-corrected chi connectivity index (χ2v) is 5.57. The average Bonchev–Trinajstić information content (AvgIpc) is 2.83. The van der Waals surface area contributed by atoms with Gasteiger partial charge in [-0.3, -0.25) is 0 Å². The van der Waals surface area contributed by atoms with Crippen molar-refractivity contribution in [3.8, 4) is 0 Å². The Balaban J connectivity index is 1.85. The largest absolute Gasteiger partial charge is 0.389 e. The number of ether oxygens (including phenoxy) is 2. The molecule has 0 saturated heterocycles. The molecule has 0 aromatic rings. The van der Waals surface area contributed by atoms with Gasteiger partial charge in [0.15, 0.2) is 0 Å². The molecule has 1 rings (SSSR count). The predicted octanol–water partition coefficient (Wildman–Crippen LogP) is 1.57. The smallest absolute Gasteiger partial charge is 0.0897 e. The average molecular weight is 259 g/mol.